The molecule has 0 aliphatic rings. The summed E-state index contributed by atoms with van der Waals surface area (Å²) in [6.45, 7) is -0.310. The fourth-order valence-electron chi connectivity index (χ4n) is 1.96. The van der Waals surface area contributed by atoms with Crippen LogP contribution in [0.3, 0.4) is 0 Å². The molecule has 0 unspecified atom stereocenters. The van der Waals surface area contributed by atoms with Crippen molar-refractivity contribution in [3.05, 3.63) is 48.3 Å². The molecule has 25 heavy (non-hydrogen) atoms. The molecular formula is C16H17FN2O5S. The van der Waals surface area contributed by atoms with Crippen LogP contribution in [0.2, 0.25) is 0 Å². The van der Waals surface area contributed by atoms with Crippen molar-refractivity contribution in [3.63, 3.8) is 0 Å². The highest BCUT2D eigenvalue weighted by Crippen LogP contribution is 2.28. The Bertz CT molecular complexity index is 871. The maximum absolute atomic E-state index is 13.0. The Labute approximate surface area is 144 Å². The molecule has 0 fully saturated rings. The monoisotopic (exact) mass is 368 g/mol. The molecule has 134 valence electrons. The maximum atomic E-state index is 13.0. The van der Waals surface area contributed by atoms with E-state index in [1.54, 1.807) is 0 Å². The number of amides is 1. The molecule has 0 atom stereocenters. The summed E-state index contributed by atoms with van der Waals surface area (Å²) in [7, 11) is -2.08. The van der Waals surface area contributed by atoms with Gasteiger partial charge in [-0.05, 0) is 24.3 Å². The highest BCUT2D eigenvalue weighted by Gasteiger charge is 2.11. The Morgan fingerprint density at radius 1 is 1.20 bits per heavy atom. The number of hydrogen-bond donors (Lipinski definition) is 2. The second-order valence-corrected chi connectivity index (χ2v) is 6.83. The number of nitrogens with one attached hydrogen (secondary N) is 2. The van der Waals surface area contributed by atoms with E-state index >= 15 is 0 Å². The van der Waals surface area contributed by atoms with Crippen LogP contribution in [-0.4, -0.2) is 34.3 Å². The van der Waals surface area contributed by atoms with Crippen molar-refractivity contribution < 1.29 is 27.1 Å². The quantitative estimate of drug-likeness (QED) is 0.782. The van der Waals surface area contributed by atoms with E-state index in [1.165, 1.54) is 49.6 Å². The summed E-state index contributed by atoms with van der Waals surface area (Å²) in [6.07, 6.45) is 1.02. The van der Waals surface area contributed by atoms with Crippen molar-refractivity contribution in [2.75, 3.05) is 30.0 Å². The minimum absolute atomic E-state index is 0.237. The van der Waals surface area contributed by atoms with Crippen LogP contribution in [0.5, 0.6) is 11.5 Å². The minimum atomic E-state index is -3.46. The molecule has 0 aliphatic carbocycles. The summed E-state index contributed by atoms with van der Waals surface area (Å²) in [5.74, 6) is -0.443. The number of rotatable bonds is 7. The number of carbonyl (C=O) groups is 1. The highest BCUT2D eigenvalue weighted by molar-refractivity contribution is 7.92. The van der Waals surface area contributed by atoms with E-state index in [-0.39, 0.29) is 23.8 Å². The number of hydrogen-bond acceptors (Lipinski definition) is 5. The smallest absolute Gasteiger partial charge is 0.262 e. The van der Waals surface area contributed by atoms with Crippen molar-refractivity contribution in [2.24, 2.45) is 0 Å². The standard InChI is InChI=1S/C16H17FN2O5S/c1-23-15-9-12(6-7-14(15)19-25(2,21)22)18-16(20)10-24-13-5-3-4-11(17)8-13/h3-9,19H,10H2,1-2H3,(H,18,20). The molecule has 7 nitrogen and oxygen atoms in total. The van der Waals surface area contributed by atoms with Crippen LogP contribution in [0, 0.1) is 5.82 Å². The molecule has 0 spiro atoms. The lowest BCUT2D eigenvalue weighted by atomic mass is 10.2. The zero-order valence-corrected chi connectivity index (χ0v) is 14.4. The molecule has 0 radical (unpaired) electrons. The Kier molecular flexibility index (Phi) is 5.81. The van der Waals surface area contributed by atoms with E-state index in [2.05, 4.69) is 10.0 Å². The number of carbonyl (C=O) groups excluding carboxylic acids is 1. The lowest BCUT2D eigenvalue weighted by Crippen LogP contribution is -2.20. The van der Waals surface area contributed by atoms with Crippen molar-refractivity contribution in [2.45, 2.75) is 0 Å². The second-order valence-electron chi connectivity index (χ2n) is 5.08. The SMILES string of the molecule is COc1cc(NC(=O)COc2cccc(F)c2)ccc1NS(C)(=O)=O. The topological polar surface area (TPSA) is 93.7 Å². The van der Waals surface area contributed by atoms with Gasteiger partial charge < -0.3 is 14.8 Å². The van der Waals surface area contributed by atoms with Crippen LogP contribution in [0.25, 0.3) is 0 Å². The van der Waals surface area contributed by atoms with E-state index in [1.807, 2.05) is 0 Å². The first-order valence-electron chi connectivity index (χ1n) is 7.11. The number of halogens is 1. The van der Waals surface area contributed by atoms with Crippen LogP contribution in [0.15, 0.2) is 42.5 Å². The average molecular weight is 368 g/mol. The normalized spacial score (nSPS) is 10.8. The number of ether oxygens (including phenoxy) is 2. The predicted molar refractivity (Wildman–Crippen MR) is 92.0 cm³/mol. The van der Waals surface area contributed by atoms with Gasteiger partial charge in [0, 0.05) is 17.8 Å². The largest absolute Gasteiger partial charge is 0.494 e. The van der Waals surface area contributed by atoms with Gasteiger partial charge in [0.05, 0.1) is 19.1 Å². The third kappa shape index (κ3) is 5.96. The van der Waals surface area contributed by atoms with E-state index < -0.39 is 21.7 Å². The summed E-state index contributed by atoms with van der Waals surface area (Å²) in [5, 5.41) is 2.58. The average Bonchev–Trinajstić information content (AvgIpc) is 2.53. The van der Waals surface area contributed by atoms with Crippen molar-refractivity contribution in [1.29, 1.82) is 0 Å². The maximum Gasteiger partial charge on any atom is 0.262 e. The van der Waals surface area contributed by atoms with Gasteiger partial charge in [-0.3, -0.25) is 9.52 Å². The number of methoxy groups -OCH3 is 1. The second kappa shape index (κ2) is 7.84. The summed E-state index contributed by atoms with van der Waals surface area (Å²) in [6, 6.07) is 9.88. The van der Waals surface area contributed by atoms with Crippen LogP contribution in [0.4, 0.5) is 15.8 Å². The molecule has 0 aromatic heterocycles. The van der Waals surface area contributed by atoms with Crippen molar-refractivity contribution >= 4 is 27.3 Å². The van der Waals surface area contributed by atoms with Gasteiger partial charge in [-0.15, -0.1) is 0 Å². The highest BCUT2D eigenvalue weighted by atomic mass is 32.2. The van der Waals surface area contributed by atoms with Crippen LogP contribution in [0.1, 0.15) is 0 Å². The van der Waals surface area contributed by atoms with Gasteiger partial charge >= 0.3 is 0 Å². The van der Waals surface area contributed by atoms with Crippen molar-refractivity contribution in [1.82, 2.24) is 0 Å². The first-order valence-corrected chi connectivity index (χ1v) is 9.00. The van der Waals surface area contributed by atoms with Gasteiger partial charge in [0.25, 0.3) is 5.91 Å². The summed E-state index contributed by atoms with van der Waals surface area (Å²) < 4.78 is 48.2. The van der Waals surface area contributed by atoms with Gasteiger partial charge in [0.2, 0.25) is 10.0 Å². The molecule has 0 bridgehead atoms. The zero-order chi connectivity index (χ0) is 18.4. The third-order valence-electron chi connectivity index (χ3n) is 2.95. The zero-order valence-electron chi connectivity index (χ0n) is 13.6. The number of benzene rings is 2. The molecule has 0 saturated carbocycles. The lowest BCUT2D eigenvalue weighted by Gasteiger charge is -2.12. The molecule has 0 saturated heterocycles. The predicted octanol–water partition coefficient (Wildman–Crippen LogP) is 2.22. The number of anilines is 2. The third-order valence-corrected chi connectivity index (χ3v) is 3.54. The Hall–Kier alpha value is -2.81. The van der Waals surface area contributed by atoms with Gasteiger partial charge in [-0.2, -0.15) is 0 Å². The van der Waals surface area contributed by atoms with Gasteiger partial charge in [0.15, 0.2) is 6.61 Å². The van der Waals surface area contributed by atoms with Gasteiger partial charge in [-0.1, -0.05) is 6.07 Å². The van der Waals surface area contributed by atoms with Gasteiger partial charge in [0.1, 0.15) is 17.3 Å². The van der Waals surface area contributed by atoms with E-state index in [0.29, 0.717) is 5.69 Å². The molecule has 1 amide bonds. The van der Waals surface area contributed by atoms with Crippen molar-refractivity contribution in [3.8, 4) is 11.5 Å². The molecule has 2 aromatic rings. The fourth-order valence-corrected chi connectivity index (χ4v) is 2.52. The van der Waals surface area contributed by atoms with E-state index in [4.69, 9.17) is 9.47 Å². The molecule has 0 heterocycles. The van der Waals surface area contributed by atoms with Crippen LogP contribution >= 0.6 is 0 Å². The molecule has 9 heteroatoms. The number of sulfonamides is 1. The molecule has 2 N–H and O–H groups in total. The lowest BCUT2D eigenvalue weighted by molar-refractivity contribution is -0.118. The summed E-state index contributed by atoms with van der Waals surface area (Å²) in [4.78, 5) is 11.9. The van der Waals surface area contributed by atoms with E-state index in [9.17, 15) is 17.6 Å². The molecule has 0 aliphatic heterocycles. The van der Waals surface area contributed by atoms with Crippen LogP contribution < -0.4 is 19.5 Å². The minimum Gasteiger partial charge on any atom is -0.494 e. The van der Waals surface area contributed by atoms with Gasteiger partial charge in [-0.25, -0.2) is 12.8 Å². The first-order chi connectivity index (χ1) is 11.8. The fraction of sp³-hybridized carbons (Fsp3) is 0.188. The molecule has 2 aromatic carbocycles. The molecular weight excluding hydrogens is 351 g/mol. The molecule has 2 rings (SSSR count). The Morgan fingerprint density at radius 3 is 2.60 bits per heavy atom. The Balaban J connectivity index is 2.00. The Morgan fingerprint density at radius 2 is 1.96 bits per heavy atom. The first kappa shape index (κ1) is 18.5. The summed E-state index contributed by atoms with van der Waals surface area (Å²) in [5.41, 5.74) is 0.641. The van der Waals surface area contributed by atoms with E-state index in [0.717, 1.165) is 6.26 Å². The van der Waals surface area contributed by atoms with Crippen LogP contribution in [-0.2, 0) is 14.8 Å². The summed E-state index contributed by atoms with van der Waals surface area (Å²) >= 11 is 0.